The summed E-state index contributed by atoms with van der Waals surface area (Å²) in [5, 5.41) is 7.86. The zero-order chi connectivity index (χ0) is 19.7. The first kappa shape index (κ1) is 16.2. The summed E-state index contributed by atoms with van der Waals surface area (Å²) in [4.78, 5) is 0. The zero-order valence-corrected chi connectivity index (χ0v) is 17.0. The van der Waals surface area contributed by atoms with Crippen molar-refractivity contribution in [1.82, 2.24) is 4.57 Å². The van der Waals surface area contributed by atoms with E-state index in [1.807, 2.05) is 11.3 Å². The molecule has 0 unspecified atom stereocenters. The predicted molar refractivity (Wildman–Crippen MR) is 131 cm³/mol. The minimum Gasteiger partial charge on any atom is -0.308 e. The topological polar surface area (TPSA) is 4.93 Å². The third-order valence-electron chi connectivity index (χ3n) is 6.18. The number of hydrogen-bond donors (Lipinski definition) is 0. The molecule has 0 atom stereocenters. The van der Waals surface area contributed by atoms with E-state index in [4.69, 9.17) is 0 Å². The van der Waals surface area contributed by atoms with E-state index < -0.39 is 0 Å². The normalized spacial score (nSPS) is 12.0. The monoisotopic (exact) mass is 399 g/mol. The van der Waals surface area contributed by atoms with Crippen LogP contribution < -0.4 is 0 Å². The van der Waals surface area contributed by atoms with Crippen molar-refractivity contribution in [3.05, 3.63) is 103 Å². The molecule has 2 heteroatoms. The average molecular weight is 400 g/mol. The Bertz CT molecular complexity index is 1740. The minimum atomic E-state index is 1.24. The highest BCUT2D eigenvalue weighted by molar-refractivity contribution is 7.26. The molecule has 2 heterocycles. The standard InChI is InChI=1S/C28H17NS/c1-2-10-19-18(8-1)9-7-14-23(19)29-24-13-5-3-11-20(24)21-16-17-26-27(28(21)29)22-12-4-6-15-25(22)30-26/h1-17H. The van der Waals surface area contributed by atoms with Crippen LogP contribution in [0.5, 0.6) is 0 Å². The lowest BCUT2D eigenvalue weighted by Gasteiger charge is -2.12. The molecule has 7 rings (SSSR count). The first-order valence-corrected chi connectivity index (χ1v) is 11.0. The van der Waals surface area contributed by atoms with Crippen LogP contribution in [0.2, 0.25) is 0 Å². The maximum atomic E-state index is 2.48. The summed E-state index contributed by atoms with van der Waals surface area (Å²) in [5.74, 6) is 0. The van der Waals surface area contributed by atoms with Gasteiger partial charge in [-0.25, -0.2) is 0 Å². The molecule has 140 valence electrons. The molecule has 0 amide bonds. The molecule has 0 aliphatic carbocycles. The van der Waals surface area contributed by atoms with Crippen LogP contribution in [0.4, 0.5) is 0 Å². The van der Waals surface area contributed by atoms with Crippen molar-refractivity contribution in [2.75, 3.05) is 0 Å². The highest BCUT2D eigenvalue weighted by Gasteiger charge is 2.18. The Balaban J connectivity index is 1.80. The summed E-state index contributed by atoms with van der Waals surface area (Å²) < 4.78 is 5.16. The first-order chi connectivity index (χ1) is 14.9. The molecule has 0 N–H and O–H groups in total. The lowest BCUT2D eigenvalue weighted by Crippen LogP contribution is -1.95. The molecule has 7 aromatic rings. The van der Waals surface area contributed by atoms with E-state index in [9.17, 15) is 0 Å². The Kier molecular flexibility index (Phi) is 3.21. The van der Waals surface area contributed by atoms with Gasteiger partial charge in [0.25, 0.3) is 0 Å². The van der Waals surface area contributed by atoms with E-state index in [0.717, 1.165) is 0 Å². The van der Waals surface area contributed by atoms with Gasteiger partial charge < -0.3 is 4.57 Å². The lowest BCUT2D eigenvalue weighted by molar-refractivity contribution is 1.21. The van der Waals surface area contributed by atoms with E-state index >= 15 is 0 Å². The summed E-state index contributed by atoms with van der Waals surface area (Å²) in [7, 11) is 0. The van der Waals surface area contributed by atoms with Gasteiger partial charge in [-0.3, -0.25) is 0 Å². The maximum absolute atomic E-state index is 2.48. The molecule has 30 heavy (non-hydrogen) atoms. The SMILES string of the molecule is c1ccc2c(-n3c4ccccc4c4ccc5sc6ccccc6c5c43)cccc2c1. The van der Waals surface area contributed by atoms with Gasteiger partial charge in [-0.05, 0) is 29.7 Å². The molecule has 0 bridgehead atoms. The van der Waals surface area contributed by atoms with Crippen LogP contribution in [0.15, 0.2) is 103 Å². The molecule has 0 radical (unpaired) electrons. The van der Waals surface area contributed by atoms with E-state index in [-0.39, 0.29) is 0 Å². The third kappa shape index (κ3) is 2.06. The van der Waals surface area contributed by atoms with E-state index in [0.29, 0.717) is 0 Å². The number of fused-ring (bicyclic) bond motifs is 8. The van der Waals surface area contributed by atoms with Crippen molar-refractivity contribution >= 4 is 64.1 Å². The molecule has 0 saturated carbocycles. The number of benzene rings is 5. The first-order valence-electron chi connectivity index (χ1n) is 10.2. The van der Waals surface area contributed by atoms with E-state index in [1.165, 1.54) is 58.4 Å². The average Bonchev–Trinajstić information content (AvgIpc) is 3.34. The van der Waals surface area contributed by atoms with Crippen LogP contribution in [0.25, 0.3) is 58.4 Å². The number of rotatable bonds is 1. The third-order valence-corrected chi connectivity index (χ3v) is 7.32. The Labute approximate surface area is 177 Å². The number of aromatic nitrogens is 1. The van der Waals surface area contributed by atoms with E-state index in [2.05, 4.69) is 108 Å². The second-order valence-electron chi connectivity index (χ2n) is 7.78. The van der Waals surface area contributed by atoms with Crippen LogP contribution in [-0.2, 0) is 0 Å². The molecule has 0 spiro atoms. The molecule has 5 aromatic carbocycles. The van der Waals surface area contributed by atoms with Crippen LogP contribution in [0.1, 0.15) is 0 Å². The Morgan fingerprint density at radius 2 is 1.23 bits per heavy atom. The summed E-state index contributed by atoms with van der Waals surface area (Å²) >= 11 is 1.88. The molecule has 0 fully saturated rings. The summed E-state index contributed by atoms with van der Waals surface area (Å²) in [5.41, 5.74) is 3.80. The second-order valence-corrected chi connectivity index (χ2v) is 8.87. The van der Waals surface area contributed by atoms with Gasteiger partial charge >= 0.3 is 0 Å². The highest BCUT2D eigenvalue weighted by atomic mass is 32.1. The maximum Gasteiger partial charge on any atom is 0.0634 e. The van der Waals surface area contributed by atoms with Gasteiger partial charge in [-0.2, -0.15) is 0 Å². The van der Waals surface area contributed by atoms with Gasteiger partial charge in [0.05, 0.1) is 16.7 Å². The van der Waals surface area contributed by atoms with Crippen LogP contribution >= 0.6 is 11.3 Å². The van der Waals surface area contributed by atoms with Gasteiger partial charge in [-0.15, -0.1) is 11.3 Å². The zero-order valence-electron chi connectivity index (χ0n) is 16.2. The van der Waals surface area contributed by atoms with Crippen molar-refractivity contribution in [2.45, 2.75) is 0 Å². The summed E-state index contributed by atoms with van der Waals surface area (Å²) in [6.45, 7) is 0. The molecule has 0 aliphatic heterocycles. The van der Waals surface area contributed by atoms with Crippen LogP contribution in [0, 0.1) is 0 Å². The molecule has 1 nitrogen and oxygen atoms in total. The van der Waals surface area contributed by atoms with Crippen molar-refractivity contribution < 1.29 is 0 Å². The Hall–Kier alpha value is -3.62. The highest BCUT2D eigenvalue weighted by Crippen LogP contribution is 2.43. The molecular formula is C28H17NS. The largest absolute Gasteiger partial charge is 0.308 e. The summed E-state index contributed by atoms with van der Waals surface area (Å²) in [6, 6.07) is 37.5. The fourth-order valence-corrected chi connectivity index (χ4v) is 6.03. The molecule has 0 saturated heterocycles. The fourth-order valence-electron chi connectivity index (χ4n) is 4.92. The van der Waals surface area contributed by atoms with Gasteiger partial charge in [0.2, 0.25) is 0 Å². The molecule has 0 aliphatic rings. The number of thiophene rings is 1. The number of hydrogen-bond acceptors (Lipinski definition) is 1. The van der Waals surface area contributed by atoms with Crippen LogP contribution in [-0.4, -0.2) is 4.57 Å². The molecule has 2 aromatic heterocycles. The van der Waals surface area contributed by atoms with Crippen molar-refractivity contribution in [2.24, 2.45) is 0 Å². The smallest absolute Gasteiger partial charge is 0.0634 e. The predicted octanol–water partition coefficient (Wildman–Crippen LogP) is 8.30. The van der Waals surface area contributed by atoms with Gasteiger partial charge in [0.15, 0.2) is 0 Å². The van der Waals surface area contributed by atoms with Gasteiger partial charge in [0, 0.05) is 36.3 Å². The van der Waals surface area contributed by atoms with Crippen molar-refractivity contribution in [3.8, 4) is 5.69 Å². The fraction of sp³-hybridized carbons (Fsp3) is 0. The Morgan fingerprint density at radius 1 is 0.500 bits per heavy atom. The van der Waals surface area contributed by atoms with Crippen molar-refractivity contribution in [3.63, 3.8) is 0 Å². The van der Waals surface area contributed by atoms with Crippen LogP contribution in [0.3, 0.4) is 0 Å². The Morgan fingerprint density at radius 3 is 2.17 bits per heavy atom. The van der Waals surface area contributed by atoms with E-state index in [1.54, 1.807) is 0 Å². The molecular weight excluding hydrogens is 382 g/mol. The second kappa shape index (κ2) is 5.94. The lowest BCUT2D eigenvalue weighted by atomic mass is 10.1. The van der Waals surface area contributed by atoms with Gasteiger partial charge in [0.1, 0.15) is 0 Å². The number of nitrogens with zero attached hydrogens (tertiary/aromatic N) is 1. The summed E-state index contributed by atoms with van der Waals surface area (Å²) in [6.07, 6.45) is 0. The van der Waals surface area contributed by atoms with Gasteiger partial charge in [-0.1, -0.05) is 78.9 Å². The number of para-hydroxylation sites is 1. The quantitative estimate of drug-likeness (QED) is 0.262. The van der Waals surface area contributed by atoms with Crippen molar-refractivity contribution in [1.29, 1.82) is 0 Å². The minimum absolute atomic E-state index is 1.24.